The molecule has 0 fully saturated rings. The molecule has 2 aromatic heterocycles. The van der Waals surface area contributed by atoms with E-state index >= 15 is 0 Å². The first-order chi connectivity index (χ1) is 8.04. The smallest absolute Gasteiger partial charge is 0.357 e. The molecule has 0 saturated heterocycles. The molecule has 0 aliphatic carbocycles. The van der Waals surface area contributed by atoms with Gasteiger partial charge in [-0.25, -0.2) is 24.1 Å². The average molecular weight is 256 g/mol. The van der Waals surface area contributed by atoms with E-state index in [1.54, 1.807) is 6.92 Å². The van der Waals surface area contributed by atoms with Crippen LogP contribution in [0.3, 0.4) is 0 Å². The number of halogens is 2. The molecule has 17 heavy (non-hydrogen) atoms. The third kappa shape index (κ3) is 1.91. The van der Waals surface area contributed by atoms with Crippen LogP contribution in [0.4, 0.5) is 4.39 Å². The maximum Gasteiger partial charge on any atom is 0.357 e. The van der Waals surface area contributed by atoms with Gasteiger partial charge in [-0.15, -0.1) is 0 Å². The lowest BCUT2D eigenvalue weighted by atomic mass is 10.2. The second-order valence-electron chi connectivity index (χ2n) is 3.24. The summed E-state index contributed by atoms with van der Waals surface area (Å²) in [6, 6.07) is 0. The van der Waals surface area contributed by atoms with Gasteiger partial charge in [0.05, 0.1) is 12.5 Å². The lowest BCUT2D eigenvalue weighted by molar-refractivity contribution is 0.0596. The van der Waals surface area contributed by atoms with Crippen LogP contribution in [0, 0.1) is 12.7 Å². The van der Waals surface area contributed by atoms with E-state index in [9.17, 15) is 9.18 Å². The van der Waals surface area contributed by atoms with Crippen molar-refractivity contribution in [2.24, 2.45) is 0 Å². The highest BCUT2D eigenvalue weighted by Crippen LogP contribution is 2.22. The fourth-order valence-corrected chi connectivity index (χ4v) is 1.54. The van der Waals surface area contributed by atoms with Crippen LogP contribution >= 0.6 is 11.6 Å². The SMILES string of the molecule is COC(=O)c1nc(C)nc2c(F)c(Cl)ncc12. The van der Waals surface area contributed by atoms with E-state index in [2.05, 4.69) is 19.7 Å². The Morgan fingerprint density at radius 3 is 2.82 bits per heavy atom. The van der Waals surface area contributed by atoms with Gasteiger partial charge in [0.2, 0.25) is 0 Å². The van der Waals surface area contributed by atoms with Crippen LogP contribution in [0.5, 0.6) is 0 Å². The Labute approximate surface area is 101 Å². The predicted molar refractivity (Wildman–Crippen MR) is 58.4 cm³/mol. The van der Waals surface area contributed by atoms with Crippen molar-refractivity contribution in [3.05, 3.63) is 28.7 Å². The Hall–Kier alpha value is -1.82. The highest BCUT2D eigenvalue weighted by molar-refractivity contribution is 6.30. The van der Waals surface area contributed by atoms with Gasteiger partial charge in [-0.2, -0.15) is 0 Å². The molecular formula is C10H7ClFN3O2. The highest BCUT2D eigenvalue weighted by atomic mass is 35.5. The summed E-state index contributed by atoms with van der Waals surface area (Å²) in [5.41, 5.74) is -0.0732. The Kier molecular flexibility index (Phi) is 2.89. The third-order valence-electron chi connectivity index (χ3n) is 2.13. The molecule has 0 saturated carbocycles. The maximum atomic E-state index is 13.7. The number of hydrogen-bond acceptors (Lipinski definition) is 5. The summed E-state index contributed by atoms with van der Waals surface area (Å²) in [7, 11) is 1.21. The number of carbonyl (C=O) groups is 1. The molecule has 0 aliphatic rings. The highest BCUT2D eigenvalue weighted by Gasteiger charge is 2.18. The molecule has 0 unspecified atom stereocenters. The summed E-state index contributed by atoms with van der Waals surface area (Å²) in [6.07, 6.45) is 1.24. The van der Waals surface area contributed by atoms with Crippen molar-refractivity contribution in [1.82, 2.24) is 15.0 Å². The largest absolute Gasteiger partial charge is 0.464 e. The Morgan fingerprint density at radius 2 is 2.18 bits per heavy atom. The van der Waals surface area contributed by atoms with Crippen molar-refractivity contribution in [2.45, 2.75) is 6.92 Å². The van der Waals surface area contributed by atoms with Crippen molar-refractivity contribution in [2.75, 3.05) is 7.11 Å². The van der Waals surface area contributed by atoms with E-state index in [1.807, 2.05) is 0 Å². The first-order valence-corrected chi connectivity index (χ1v) is 4.99. The number of fused-ring (bicyclic) bond motifs is 1. The molecule has 88 valence electrons. The average Bonchev–Trinajstić information content (AvgIpc) is 2.32. The summed E-state index contributed by atoms with van der Waals surface area (Å²) >= 11 is 5.54. The predicted octanol–water partition coefficient (Wildman–Crippen LogP) is 1.91. The second-order valence-corrected chi connectivity index (χ2v) is 3.59. The summed E-state index contributed by atoms with van der Waals surface area (Å²) in [5, 5.41) is -0.129. The minimum absolute atomic E-state index is 0.0296. The quantitative estimate of drug-likeness (QED) is 0.575. The van der Waals surface area contributed by atoms with Gasteiger partial charge in [0, 0.05) is 6.20 Å². The minimum Gasteiger partial charge on any atom is -0.464 e. The second kappa shape index (κ2) is 4.21. The zero-order valence-electron chi connectivity index (χ0n) is 8.99. The number of hydrogen-bond donors (Lipinski definition) is 0. The fraction of sp³-hybridized carbons (Fsp3) is 0.200. The molecule has 0 atom stereocenters. The Balaban J connectivity index is 2.86. The maximum absolute atomic E-state index is 13.7. The number of carbonyl (C=O) groups excluding carboxylic acids is 1. The Bertz CT molecular complexity index is 618. The van der Waals surface area contributed by atoms with Gasteiger partial charge in [-0.05, 0) is 6.92 Å². The number of aromatic nitrogens is 3. The van der Waals surface area contributed by atoms with E-state index in [1.165, 1.54) is 13.3 Å². The molecule has 7 heteroatoms. The van der Waals surface area contributed by atoms with Gasteiger partial charge in [0.15, 0.2) is 16.7 Å². The number of aryl methyl sites for hydroxylation is 1. The molecule has 2 rings (SSSR count). The zero-order valence-corrected chi connectivity index (χ0v) is 9.75. The van der Waals surface area contributed by atoms with Crippen LogP contribution in [0.2, 0.25) is 5.15 Å². The number of esters is 1. The molecular weight excluding hydrogens is 249 g/mol. The Morgan fingerprint density at radius 1 is 1.47 bits per heavy atom. The summed E-state index contributed by atoms with van der Waals surface area (Å²) in [4.78, 5) is 22.9. The summed E-state index contributed by atoms with van der Waals surface area (Å²) < 4.78 is 18.2. The molecule has 2 aromatic rings. The third-order valence-corrected chi connectivity index (χ3v) is 2.40. The number of rotatable bonds is 1. The van der Waals surface area contributed by atoms with Gasteiger partial charge < -0.3 is 4.74 Å². The van der Waals surface area contributed by atoms with Crippen LogP contribution in [0.1, 0.15) is 16.3 Å². The molecule has 0 aromatic carbocycles. The molecule has 0 N–H and O–H groups in total. The molecule has 0 spiro atoms. The molecule has 0 radical (unpaired) electrons. The van der Waals surface area contributed by atoms with Crippen LogP contribution in [-0.4, -0.2) is 28.0 Å². The first kappa shape index (κ1) is 11.7. The molecule has 0 bridgehead atoms. The van der Waals surface area contributed by atoms with Crippen molar-refractivity contribution in [3.8, 4) is 0 Å². The summed E-state index contributed by atoms with van der Waals surface area (Å²) in [5.74, 6) is -1.21. The fourth-order valence-electron chi connectivity index (χ4n) is 1.40. The number of ether oxygens (including phenoxy) is 1. The summed E-state index contributed by atoms with van der Waals surface area (Å²) in [6.45, 7) is 1.54. The van der Waals surface area contributed by atoms with Crippen molar-refractivity contribution in [3.63, 3.8) is 0 Å². The normalized spacial score (nSPS) is 10.6. The van der Waals surface area contributed by atoms with E-state index in [4.69, 9.17) is 11.6 Å². The minimum atomic E-state index is -0.778. The van der Waals surface area contributed by atoms with Crippen molar-refractivity contribution >= 4 is 28.5 Å². The standard InChI is InChI=1S/C10H7ClFN3O2/c1-4-14-7-5(3-13-9(11)6(7)12)8(15-4)10(16)17-2/h3H,1-2H3. The first-order valence-electron chi connectivity index (χ1n) is 4.61. The lowest BCUT2D eigenvalue weighted by Gasteiger charge is -2.05. The van der Waals surface area contributed by atoms with E-state index in [0.29, 0.717) is 0 Å². The molecule has 5 nitrogen and oxygen atoms in total. The topological polar surface area (TPSA) is 65.0 Å². The zero-order chi connectivity index (χ0) is 12.6. The molecule has 2 heterocycles. The van der Waals surface area contributed by atoms with Crippen LogP contribution in [-0.2, 0) is 4.74 Å². The van der Waals surface area contributed by atoms with Crippen LogP contribution in [0.15, 0.2) is 6.20 Å². The monoisotopic (exact) mass is 255 g/mol. The van der Waals surface area contributed by atoms with E-state index in [0.717, 1.165) is 0 Å². The van der Waals surface area contributed by atoms with Crippen LogP contribution in [0.25, 0.3) is 10.9 Å². The lowest BCUT2D eigenvalue weighted by Crippen LogP contribution is -2.08. The van der Waals surface area contributed by atoms with Gasteiger partial charge in [-0.3, -0.25) is 0 Å². The number of methoxy groups -OCH3 is 1. The molecule has 0 aliphatic heterocycles. The number of pyridine rings is 1. The van der Waals surface area contributed by atoms with E-state index in [-0.39, 0.29) is 27.6 Å². The van der Waals surface area contributed by atoms with Gasteiger partial charge in [0.1, 0.15) is 11.3 Å². The van der Waals surface area contributed by atoms with Gasteiger partial charge in [0.25, 0.3) is 0 Å². The van der Waals surface area contributed by atoms with Crippen LogP contribution < -0.4 is 0 Å². The van der Waals surface area contributed by atoms with Crippen molar-refractivity contribution < 1.29 is 13.9 Å². The number of nitrogens with zero attached hydrogens (tertiary/aromatic N) is 3. The van der Waals surface area contributed by atoms with Gasteiger partial charge >= 0.3 is 5.97 Å². The van der Waals surface area contributed by atoms with Gasteiger partial charge in [-0.1, -0.05) is 11.6 Å². The molecule has 0 amide bonds. The van der Waals surface area contributed by atoms with Crippen molar-refractivity contribution in [1.29, 1.82) is 0 Å². The van der Waals surface area contributed by atoms with E-state index < -0.39 is 11.8 Å².